The van der Waals surface area contributed by atoms with Crippen LogP contribution in [0.5, 0.6) is 5.75 Å². The van der Waals surface area contributed by atoms with Crippen LogP contribution in [0.2, 0.25) is 0 Å². The summed E-state index contributed by atoms with van der Waals surface area (Å²) in [4.78, 5) is 13.3. The summed E-state index contributed by atoms with van der Waals surface area (Å²) < 4.78 is 17.3. The Balaban J connectivity index is 1.62. The van der Waals surface area contributed by atoms with Crippen LogP contribution in [0.1, 0.15) is 44.6 Å². The van der Waals surface area contributed by atoms with Crippen LogP contribution in [0.25, 0.3) is 6.08 Å². The maximum atomic E-state index is 13.3. The molecule has 3 fully saturated rings. The third kappa shape index (κ3) is 2.72. The Morgan fingerprint density at radius 3 is 2.56 bits per heavy atom. The van der Waals surface area contributed by atoms with E-state index >= 15 is 0 Å². The number of hydrogen-bond acceptors (Lipinski definition) is 4. The Bertz CT molecular complexity index is 684. The van der Waals surface area contributed by atoms with Gasteiger partial charge in [0.25, 0.3) is 0 Å². The molecule has 4 heteroatoms. The second-order valence-corrected chi connectivity index (χ2v) is 7.64. The van der Waals surface area contributed by atoms with Crippen molar-refractivity contribution in [2.45, 2.75) is 44.8 Å². The van der Waals surface area contributed by atoms with Crippen molar-refractivity contribution in [2.24, 2.45) is 11.3 Å². The second kappa shape index (κ2) is 6.26. The molecule has 1 aromatic rings. The molecule has 0 bridgehead atoms. The van der Waals surface area contributed by atoms with Gasteiger partial charge in [0, 0.05) is 17.8 Å². The van der Waals surface area contributed by atoms with Gasteiger partial charge in [-0.2, -0.15) is 0 Å². The van der Waals surface area contributed by atoms with E-state index in [4.69, 9.17) is 14.2 Å². The molecule has 2 unspecified atom stereocenters. The zero-order chi connectivity index (χ0) is 17.5. The third-order valence-corrected chi connectivity index (χ3v) is 6.27. The molecule has 134 valence electrons. The fraction of sp³-hybridized carbons (Fsp3) is 0.571. The molecule has 4 nitrogen and oxygen atoms in total. The molecule has 1 aliphatic heterocycles. The molecule has 0 N–H and O–H groups in total. The summed E-state index contributed by atoms with van der Waals surface area (Å²) in [6.45, 7) is 3.41. The van der Waals surface area contributed by atoms with Crippen LogP contribution >= 0.6 is 0 Å². The molecule has 3 aliphatic rings. The van der Waals surface area contributed by atoms with Crippen molar-refractivity contribution in [1.82, 2.24) is 0 Å². The molecule has 2 atom stereocenters. The Morgan fingerprint density at radius 2 is 1.88 bits per heavy atom. The number of methoxy groups -OCH3 is 1. The highest BCUT2D eigenvalue weighted by Crippen LogP contribution is 2.56. The minimum atomic E-state index is -0.520. The van der Waals surface area contributed by atoms with Crippen molar-refractivity contribution >= 4 is 11.9 Å². The van der Waals surface area contributed by atoms with Crippen LogP contribution < -0.4 is 4.74 Å². The van der Waals surface area contributed by atoms with Gasteiger partial charge in [-0.25, -0.2) is 0 Å². The lowest BCUT2D eigenvalue weighted by Gasteiger charge is -2.52. The molecule has 1 spiro atoms. The normalized spacial score (nSPS) is 32.8. The van der Waals surface area contributed by atoms with Crippen LogP contribution in [0.15, 0.2) is 29.8 Å². The molecular weight excluding hydrogens is 316 g/mol. The first kappa shape index (κ1) is 16.8. The number of benzene rings is 1. The number of ketones is 1. The summed E-state index contributed by atoms with van der Waals surface area (Å²) in [6.07, 6.45) is 6.60. The predicted molar refractivity (Wildman–Crippen MR) is 95.3 cm³/mol. The average molecular weight is 342 g/mol. The van der Waals surface area contributed by atoms with E-state index in [9.17, 15) is 4.79 Å². The lowest BCUT2D eigenvalue weighted by atomic mass is 9.56. The standard InChI is InChI=1S/C21H26O4/c1-20-10-3-11-21(24-12-13-25-21)18(20)9-6-16(19(20)22)14-15-4-7-17(23-2)8-5-15/h4-5,7-8,14,18H,3,6,9-13H2,1-2H3. The van der Waals surface area contributed by atoms with E-state index in [2.05, 4.69) is 6.92 Å². The number of carbonyl (C=O) groups is 1. The van der Waals surface area contributed by atoms with Crippen molar-refractivity contribution in [1.29, 1.82) is 0 Å². The number of rotatable bonds is 2. The molecule has 25 heavy (non-hydrogen) atoms. The number of fused-ring (bicyclic) bond motifs is 2. The molecule has 2 aliphatic carbocycles. The second-order valence-electron chi connectivity index (χ2n) is 7.64. The van der Waals surface area contributed by atoms with Crippen molar-refractivity contribution in [3.63, 3.8) is 0 Å². The Kier molecular flexibility index (Phi) is 4.20. The minimum absolute atomic E-state index is 0.164. The van der Waals surface area contributed by atoms with E-state index < -0.39 is 5.79 Å². The van der Waals surface area contributed by atoms with Gasteiger partial charge in [0.15, 0.2) is 11.6 Å². The van der Waals surface area contributed by atoms with Gasteiger partial charge < -0.3 is 14.2 Å². The zero-order valence-electron chi connectivity index (χ0n) is 15.0. The van der Waals surface area contributed by atoms with Gasteiger partial charge in [0.2, 0.25) is 0 Å². The molecular formula is C21H26O4. The molecule has 1 saturated heterocycles. The number of allylic oxidation sites excluding steroid dienone is 1. The molecule has 2 saturated carbocycles. The summed E-state index contributed by atoms with van der Waals surface area (Å²) in [5.74, 6) is 0.748. The van der Waals surface area contributed by atoms with Gasteiger partial charge in [-0.15, -0.1) is 0 Å². The first-order chi connectivity index (χ1) is 12.1. The summed E-state index contributed by atoms with van der Waals surface area (Å²) in [5.41, 5.74) is 1.60. The molecule has 4 rings (SSSR count). The first-order valence-corrected chi connectivity index (χ1v) is 9.25. The van der Waals surface area contributed by atoms with Crippen LogP contribution in [0, 0.1) is 11.3 Å². The van der Waals surface area contributed by atoms with E-state index in [1.165, 1.54) is 0 Å². The fourth-order valence-corrected chi connectivity index (χ4v) is 4.98. The first-order valence-electron chi connectivity index (χ1n) is 9.25. The topological polar surface area (TPSA) is 44.8 Å². The largest absolute Gasteiger partial charge is 0.497 e. The Hall–Kier alpha value is -1.65. The van der Waals surface area contributed by atoms with Gasteiger partial charge in [-0.3, -0.25) is 4.79 Å². The van der Waals surface area contributed by atoms with Gasteiger partial charge in [0.1, 0.15) is 5.75 Å². The Labute approximate surface area is 149 Å². The summed E-state index contributed by atoms with van der Waals surface area (Å²) in [6, 6.07) is 7.86. The number of ether oxygens (including phenoxy) is 3. The van der Waals surface area contributed by atoms with E-state index in [0.29, 0.717) is 13.2 Å². The highest BCUT2D eigenvalue weighted by Gasteiger charge is 2.59. The number of carbonyl (C=O) groups excluding carboxylic acids is 1. The van der Waals surface area contributed by atoms with E-state index in [0.717, 1.165) is 49.0 Å². The van der Waals surface area contributed by atoms with Crippen molar-refractivity contribution < 1.29 is 19.0 Å². The summed E-state index contributed by atoms with van der Waals surface area (Å²) in [7, 11) is 1.66. The van der Waals surface area contributed by atoms with Crippen molar-refractivity contribution in [3.8, 4) is 5.75 Å². The molecule has 0 aromatic heterocycles. The maximum Gasteiger partial charge on any atom is 0.172 e. The van der Waals surface area contributed by atoms with Gasteiger partial charge in [-0.1, -0.05) is 19.1 Å². The average Bonchev–Trinajstić information content (AvgIpc) is 3.08. The molecule has 1 heterocycles. The zero-order valence-corrected chi connectivity index (χ0v) is 15.0. The highest BCUT2D eigenvalue weighted by molar-refractivity contribution is 6.04. The number of hydrogen-bond donors (Lipinski definition) is 0. The number of Topliss-reactive ketones (excluding diaryl/α,β-unsaturated/α-hetero) is 1. The van der Waals surface area contributed by atoms with E-state index in [-0.39, 0.29) is 17.1 Å². The monoisotopic (exact) mass is 342 g/mol. The summed E-state index contributed by atoms with van der Waals surface area (Å²) >= 11 is 0. The maximum absolute atomic E-state index is 13.3. The van der Waals surface area contributed by atoms with Crippen LogP contribution in [0.4, 0.5) is 0 Å². The van der Waals surface area contributed by atoms with E-state index in [1.54, 1.807) is 7.11 Å². The van der Waals surface area contributed by atoms with Gasteiger partial charge in [0.05, 0.1) is 20.3 Å². The summed E-state index contributed by atoms with van der Waals surface area (Å²) in [5, 5.41) is 0. The van der Waals surface area contributed by atoms with Crippen LogP contribution in [-0.4, -0.2) is 31.9 Å². The fourth-order valence-electron chi connectivity index (χ4n) is 4.98. The minimum Gasteiger partial charge on any atom is -0.497 e. The molecule has 1 aromatic carbocycles. The van der Waals surface area contributed by atoms with Gasteiger partial charge >= 0.3 is 0 Å². The smallest absolute Gasteiger partial charge is 0.172 e. The van der Waals surface area contributed by atoms with Crippen molar-refractivity contribution in [2.75, 3.05) is 20.3 Å². The van der Waals surface area contributed by atoms with Crippen LogP contribution in [-0.2, 0) is 14.3 Å². The Morgan fingerprint density at radius 1 is 1.16 bits per heavy atom. The third-order valence-electron chi connectivity index (χ3n) is 6.27. The molecule has 0 amide bonds. The highest BCUT2D eigenvalue weighted by atomic mass is 16.7. The lowest BCUT2D eigenvalue weighted by molar-refractivity contribution is -0.243. The SMILES string of the molecule is COc1ccc(C=C2CCC3C4(CCCC3(C)C2=O)OCCO4)cc1. The van der Waals surface area contributed by atoms with Gasteiger partial charge in [-0.05, 0) is 55.0 Å². The predicted octanol–water partition coefficient (Wildman–Crippen LogP) is 3.99. The van der Waals surface area contributed by atoms with Crippen molar-refractivity contribution in [3.05, 3.63) is 35.4 Å². The van der Waals surface area contributed by atoms with E-state index in [1.807, 2.05) is 30.3 Å². The lowest BCUT2D eigenvalue weighted by Crippen LogP contribution is -2.56. The van der Waals surface area contributed by atoms with Crippen LogP contribution in [0.3, 0.4) is 0 Å². The molecule has 0 radical (unpaired) electrons. The quantitative estimate of drug-likeness (QED) is 0.762.